The number of aryl methyl sites for hydroxylation is 1. The standard InChI is InChI=1S/C24H25N5O5S/c1-12-21-17(24(31)25-15-5-6-20-19(9-15)27-23(30)13(2)34-20)10-18(14-3-4-14)26-22(21)29(28-12)16-7-8-35(32,33)11-16/h5-6,9-10,13-14,16H,3-4,7-8,11H2,1-2H3,(H,25,31)(H,27,30). The number of aromatic nitrogens is 3. The minimum absolute atomic E-state index is 0.0294. The molecule has 0 radical (unpaired) electrons. The predicted molar refractivity (Wildman–Crippen MR) is 130 cm³/mol. The van der Waals surface area contributed by atoms with E-state index in [1.165, 1.54) is 0 Å². The van der Waals surface area contributed by atoms with E-state index in [0.29, 0.717) is 51.8 Å². The summed E-state index contributed by atoms with van der Waals surface area (Å²) in [4.78, 5) is 30.3. The van der Waals surface area contributed by atoms with Gasteiger partial charge < -0.3 is 15.4 Å². The molecule has 11 heteroatoms. The van der Waals surface area contributed by atoms with Crippen LogP contribution in [0.4, 0.5) is 11.4 Å². The van der Waals surface area contributed by atoms with Crippen molar-refractivity contribution in [3.05, 3.63) is 41.2 Å². The molecule has 3 aliphatic rings. The van der Waals surface area contributed by atoms with Crippen LogP contribution in [0.25, 0.3) is 11.0 Å². The summed E-state index contributed by atoms with van der Waals surface area (Å²) in [6.45, 7) is 3.48. The SMILES string of the molecule is Cc1nn(C2CCS(=O)(=O)C2)c2nc(C3CC3)cc(C(=O)Nc3ccc4c(c3)NC(=O)C(C)O4)c12. The van der Waals surface area contributed by atoms with Gasteiger partial charge in [-0.15, -0.1) is 0 Å². The number of ether oxygens (including phenoxy) is 1. The van der Waals surface area contributed by atoms with Gasteiger partial charge in [0.1, 0.15) is 5.75 Å². The lowest BCUT2D eigenvalue weighted by Crippen LogP contribution is -2.34. The number of amides is 2. The quantitative estimate of drug-likeness (QED) is 0.569. The van der Waals surface area contributed by atoms with Crippen LogP contribution in [0.5, 0.6) is 5.75 Å². The lowest BCUT2D eigenvalue weighted by molar-refractivity contribution is -0.122. The number of nitrogens with zero attached hydrogens (tertiary/aromatic N) is 3. The third kappa shape index (κ3) is 3.93. The van der Waals surface area contributed by atoms with Gasteiger partial charge in [-0.3, -0.25) is 9.59 Å². The number of hydrogen-bond acceptors (Lipinski definition) is 7. The summed E-state index contributed by atoms with van der Waals surface area (Å²) in [5.41, 5.74) is 3.47. The van der Waals surface area contributed by atoms with Crippen LogP contribution >= 0.6 is 0 Å². The zero-order valence-corrected chi connectivity index (χ0v) is 20.2. The molecule has 6 rings (SSSR count). The van der Waals surface area contributed by atoms with E-state index < -0.39 is 15.9 Å². The molecule has 2 aliphatic heterocycles. The first kappa shape index (κ1) is 22.0. The predicted octanol–water partition coefficient (Wildman–Crippen LogP) is 2.95. The van der Waals surface area contributed by atoms with Crippen LogP contribution in [-0.4, -0.2) is 52.6 Å². The summed E-state index contributed by atoms with van der Waals surface area (Å²) in [7, 11) is -3.11. The number of sulfone groups is 1. The molecule has 1 aromatic carbocycles. The van der Waals surface area contributed by atoms with Gasteiger partial charge in [-0.05, 0) is 57.4 Å². The summed E-state index contributed by atoms with van der Waals surface area (Å²) in [6, 6.07) is 6.63. The molecule has 2 atom stereocenters. The van der Waals surface area contributed by atoms with Crippen molar-refractivity contribution in [2.75, 3.05) is 22.1 Å². The Hall–Kier alpha value is -3.47. The maximum Gasteiger partial charge on any atom is 0.265 e. The molecule has 1 saturated carbocycles. The highest BCUT2D eigenvalue weighted by molar-refractivity contribution is 7.91. The molecule has 3 aromatic rings. The van der Waals surface area contributed by atoms with Crippen LogP contribution in [-0.2, 0) is 14.6 Å². The highest BCUT2D eigenvalue weighted by Crippen LogP contribution is 2.41. The van der Waals surface area contributed by atoms with E-state index in [0.717, 1.165) is 18.5 Å². The van der Waals surface area contributed by atoms with Crippen molar-refractivity contribution in [1.29, 1.82) is 0 Å². The van der Waals surface area contributed by atoms with Crippen LogP contribution in [0.3, 0.4) is 0 Å². The normalized spacial score (nSPS) is 23.0. The molecule has 0 bridgehead atoms. The monoisotopic (exact) mass is 495 g/mol. The summed E-state index contributed by atoms with van der Waals surface area (Å²) in [5.74, 6) is 0.425. The van der Waals surface area contributed by atoms with Gasteiger partial charge in [0.05, 0.1) is 39.9 Å². The molecule has 4 heterocycles. The Balaban J connectivity index is 1.38. The number of hydrogen-bond donors (Lipinski definition) is 2. The third-order valence-corrected chi connectivity index (χ3v) is 8.57. The number of fused-ring (bicyclic) bond motifs is 2. The molecule has 2 aromatic heterocycles. The zero-order chi connectivity index (χ0) is 24.5. The number of rotatable bonds is 4. The molecular weight excluding hydrogens is 470 g/mol. The molecule has 1 saturated heterocycles. The molecule has 10 nitrogen and oxygen atoms in total. The lowest BCUT2D eigenvalue weighted by Gasteiger charge is -2.23. The summed E-state index contributed by atoms with van der Waals surface area (Å²) in [5, 5.41) is 11.0. The fourth-order valence-corrected chi connectivity index (χ4v) is 6.50. The molecule has 2 fully saturated rings. The van der Waals surface area contributed by atoms with Crippen molar-refractivity contribution in [1.82, 2.24) is 14.8 Å². The van der Waals surface area contributed by atoms with Gasteiger partial charge in [0.2, 0.25) is 0 Å². The average Bonchev–Trinajstić information content (AvgIpc) is 3.52. The topological polar surface area (TPSA) is 132 Å². The Morgan fingerprint density at radius 3 is 2.74 bits per heavy atom. The van der Waals surface area contributed by atoms with Crippen LogP contribution in [0.2, 0.25) is 0 Å². The van der Waals surface area contributed by atoms with Gasteiger partial charge in [-0.2, -0.15) is 5.10 Å². The second-order valence-electron chi connectivity index (χ2n) is 9.57. The Labute approximate surface area is 202 Å². The van der Waals surface area contributed by atoms with Crippen molar-refractivity contribution in [3.63, 3.8) is 0 Å². The summed E-state index contributed by atoms with van der Waals surface area (Å²) in [6.07, 6.45) is 1.92. The molecule has 2 N–H and O–H groups in total. The fourth-order valence-electron chi connectivity index (χ4n) is 4.81. The van der Waals surface area contributed by atoms with E-state index in [1.54, 1.807) is 29.8 Å². The number of anilines is 2. The molecule has 35 heavy (non-hydrogen) atoms. The Bertz CT molecular complexity index is 1510. The second kappa shape index (κ2) is 7.77. The first-order valence-corrected chi connectivity index (χ1v) is 13.5. The summed E-state index contributed by atoms with van der Waals surface area (Å²) < 4.78 is 31.5. The number of carbonyl (C=O) groups excluding carboxylic acids is 2. The van der Waals surface area contributed by atoms with E-state index in [2.05, 4.69) is 15.7 Å². The van der Waals surface area contributed by atoms with E-state index in [9.17, 15) is 18.0 Å². The van der Waals surface area contributed by atoms with Gasteiger partial charge in [-0.1, -0.05) is 0 Å². The second-order valence-corrected chi connectivity index (χ2v) is 11.8. The molecule has 2 unspecified atom stereocenters. The maximum atomic E-state index is 13.5. The van der Waals surface area contributed by atoms with E-state index in [4.69, 9.17) is 9.72 Å². The number of pyridine rings is 1. The highest BCUT2D eigenvalue weighted by Gasteiger charge is 2.34. The van der Waals surface area contributed by atoms with Crippen LogP contribution < -0.4 is 15.4 Å². The fraction of sp³-hybridized carbons (Fsp3) is 0.417. The minimum Gasteiger partial charge on any atom is -0.479 e. The van der Waals surface area contributed by atoms with Crippen molar-refractivity contribution >= 4 is 44.1 Å². The van der Waals surface area contributed by atoms with E-state index >= 15 is 0 Å². The van der Waals surface area contributed by atoms with Gasteiger partial charge in [0.15, 0.2) is 21.6 Å². The van der Waals surface area contributed by atoms with Crippen LogP contribution in [0.1, 0.15) is 59.9 Å². The van der Waals surface area contributed by atoms with Gasteiger partial charge in [0, 0.05) is 17.3 Å². The van der Waals surface area contributed by atoms with Crippen LogP contribution in [0.15, 0.2) is 24.3 Å². The highest BCUT2D eigenvalue weighted by atomic mass is 32.2. The first-order chi connectivity index (χ1) is 16.7. The van der Waals surface area contributed by atoms with Crippen LogP contribution in [0, 0.1) is 6.92 Å². The molecule has 2 amide bonds. The average molecular weight is 496 g/mol. The molecular formula is C24H25N5O5S. The van der Waals surface area contributed by atoms with E-state index in [-0.39, 0.29) is 29.4 Å². The van der Waals surface area contributed by atoms with E-state index in [1.807, 2.05) is 13.0 Å². The third-order valence-electron chi connectivity index (χ3n) is 6.82. The summed E-state index contributed by atoms with van der Waals surface area (Å²) >= 11 is 0. The number of nitrogens with one attached hydrogen (secondary N) is 2. The van der Waals surface area contributed by atoms with Gasteiger partial charge in [-0.25, -0.2) is 18.1 Å². The molecule has 1 aliphatic carbocycles. The smallest absolute Gasteiger partial charge is 0.265 e. The Morgan fingerprint density at radius 1 is 1.23 bits per heavy atom. The first-order valence-electron chi connectivity index (χ1n) is 11.7. The number of benzene rings is 1. The van der Waals surface area contributed by atoms with Crippen molar-refractivity contribution in [2.45, 2.75) is 51.2 Å². The van der Waals surface area contributed by atoms with Crippen molar-refractivity contribution < 1.29 is 22.7 Å². The maximum absolute atomic E-state index is 13.5. The minimum atomic E-state index is -3.11. The lowest BCUT2D eigenvalue weighted by atomic mass is 10.1. The Kier molecular flexibility index (Phi) is 4.89. The number of carbonyl (C=O) groups is 2. The molecule has 182 valence electrons. The zero-order valence-electron chi connectivity index (χ0n) is 19.4. The Morgan fingerprint density at radius 2 is 2.03 bits per heavy atom. The van der Waals surface area contributed by atoms with Gasteiger partial charge >= 0.3 is 0 Å². The van der Waals surface area contributed by atoms with Crippen molar-refractivity contribution in [2.24, 2.45) is 0 Å². The van der Waals surface area contributed by atoms with Crippen molar-refractivity contribution in [3.8, 4) is 5.75 Å². The largest absolute Gasteiger partial charge is 0.479 e. The van der Waals surface area contributed by atoms with Gasteiger partial charge in [0.25, 0.3) is 11.8 Å². The molecule has 0 spiro atoms.